The maximum absolute atomic E-state index is 11.1. The van der Waals surface area contributed by atoms with Crippen LogP contribution in [-0.4, -0.2) is 11.8 Å². The van der Waals surface area contributed by atoms with Gasteiger partial charge in [-0.05, 0) is 13.3 Å². The van der Waals surface area contributed by atoms with Crippen molar-refractivity contribution >= 4 is 11.8 Å². The predicted molar refractivity (Wildman–Crippen MR) is 45.2 cm³/mol. The van der Waals surface area contributed by atoms with E-state index in [9.17, 15) is 9.59 Å². The second-order valence-corrected chi connectivity index (χ2v) is 3.05. The molecule has 1 N–H and O–H groups in total. The maximum atomic E-state index is 11.1. The lowest BCUT2D eigenvalue weighted by atomic mass is 9.93. The fourth-order valence-corrected chi connectivity index (χ4v) is 1.33. The minimum atomic E-state index is -0.173. The normalized spacial score (nSPS) is 29.8. The average molecular weight is 167 g/mol. The second-order valence-electron chi connectivity index (χ2n) is 3.05. The summed E-state index contributed by atoms with van der Waals surface area (Å²) < 4.78 is 0. The highest BCUT2D eigenvalue weighted by Gasteiger charge is 2.37. The van der Waals surface area contributed by atoms with Crippen molar-refractivity contribution in [2.75, 3.05) is 0 Å². The third kappa shape index (κ3) is 1.55. The summed E-state index contributed by atoms with van der Waals surface area (Å²) in [5.74, 6) is -0.609. The van der Waals surface area contributed by atoms with Gasteiger partial charge in [0.05, 0.1) is 5.92 Å². The van der Waals surface area contributed by atoms with E-state index in [1.807, 2.05) is 19.1 Å². The van der Waals surface area contributed by atoms with Gasteiger partial charge < -0.3 is 0 Å². The van der Waals surface area contributed by atoms with Crippen molar-refractivity contribution < 1.29 is 9.59 Å². The molecule has 1 aliphatic rings. The lowest BCUT2D eigenvalue weighted by molar-refractivity contribution is -0.126. The highest BCUT2D eigenvalue weighted by atomic mass is 16.2. The van der Waals surface area contributed by atoms with Gasteiger partial charge in [0.1, 0.15) is 0 Å². The van der Waals surface area contributed by atoms with E-state index in [0.717, 1.165) is 0 Å². The molecule has 0 spiro atoms. The van der Waals surface area contributed by atoms with E-state index < -0.39 is 0 Å². The van der Waals surface area contributed by atoms with Crippen LogP contribution in [0.4, 0.5) is 0 Å². The van der Waals surface area contributed by atoms with E-state index in [1.165, 1.54) is 0 Å². The smallest absolute Gasteiger partial charge is 0.230 e. The Balaban J connectivity index is 2.63. The minimum absolute atomic E-state index is 0.134. The molecule has 3 heteroatoms. The zero-order chi connectivity index (χ0) is 9.14. The van der Waals surface area contributed by atoms with Gasteiger partial charge in [0.15, 0.2) is 0 Å². The Morgan fingerprint density at radius 3 is 2.50 bits per heavy atom. The van der Waals surface area contributed by atoms with Gasteiger partial charge in [-0.15, -0.1) is 0 Å². The molecule has 1 heterocycles. The summed E-state index contributed by atoms with van der Waals surface area (Å²) in [5, 5.41) is 2.31. The molecule has 0 radical (unpaired) electrons. The van der Waals surface area contributed by atoms with Crippen LogP contribution in [0.1, 0.15) is 20.3 Å². The molecular formula is C9H13NO2. The van der Waals surface area contributed by atoms with Crippen molar-refractivity contribution in [2.45, 2.75) is 20.3 Å². The minimum Gasteiger partial charge on any atom is -0.296 e. The van der Waals surface area contributed by atoms with Gasteiger partial charge in [0, 0.05) is 5.92 Å². The Labute approximate surface area is 71.8 Å². The fraction of sp³-hybridized carbons (Fsp3) is 0.556. The van der Waals surface area contributed by atoms with Gasteiger partial charge >= 0.3 is 0 Å². The van der Waals surface area contributed by atoms with Crippen LogP contribution in [-0.2, 0) is 9.59 Å². The van der Waals surface area contributed by atoms with Crippen LogP contribution in [0.25, 0.3) is 0 Å². The predicted octanol–water partition coefficient (Wildman–Crippen LogP) is 0.861. The topological polar surface area (TPSA) is 46.2 Å². The number of nitrogens with one attached hydrogen (secondary N) is 1. The summed E-state index contributed by atoms with van der Waals surface area (Å²) in [6.45, 7) is 3.69. The third-order valence-electron chi connectivity index (χ3n) is 2.23. The molecule has 3 nitrogen and oxygen atoms in total. The molecule has 0 aromatic heterocycles. The number of amides is 2. The molecule has 2 unspecified atom stereocenters. The molecule has 2 atom stereocenters. The van der Waals surface area contributed by atoms with Crippen molar-refractivity contribution in [1.29, 1.82) is 0 Å². The Morgan fingerprint density at radius 2 is 2.08 bits per heavy atom. The summed E-state index contributed by atoms with van der Waals surface area (Å²) >= 11 is 0. The summed E-state index contributed by atoms with van der Waals surface area (Å²) in [6.07, 6.45) is 4.47. The molecule has 1 aliphatic heterocycles. The molecular weight excluding hydrogens is 154 g/mol. The molecule has 0 aliphatic carbocycles. The highest BCUT2D eigenvalue weighted by molar-refractivity contribution is 6.04. The van der Waals surface area contributed by atoms with Crippen molar-refractivity contribution in [1.82, 2.24) is 5.32 Å². The van der Waals surface area contributed by atoms with Crippen LogP contribution in [0, 0.1) is 11.8 Å². The molecule has 2 amide bonds. The first-order chi connectivity index (χ1) is 5.66. The van der Waals surface area contributed by atoms with E-state index in [2.05, 4.69) is 5.32 Å². The molecule has 1 saturated heterocycles. The SMILES string of the molecule is C/C=C/CC1C(=O)NC(=O)C1C. The number of carbonyl (C=O) groups is 2. The molecule has 0 aromatic carbocycles. The molecule has 0 aromatic rings. The Kier molecular flexibility index (Phi) is 2.63. The van der Waals surface area contributed by atoms with Crippen LogP contribution in [0.3, 0.4) is 0 Å². The molecule has 1 fully saturated rings. The fourth-order valence-electron chi connectivity index (χ4n) is 1.33. The molecule has 0 saturated carbocycles. The Hall–Kier alpha value is -1.12. The van der Waals surface area contributed by atoms with Gasteiger partial charge in [-0.25, -0.2) is 0 Å². The van der Waals surface area contributed by atoms with E-state index in [-0.39, 0.29) is 23.7 Å². The number of imide groups is 1. The Bertz CT molecular complexity index is 233. The van der Waals surface area contributed by atoms with Crippen molar-refractivity contribution in [3.05, 3.63) is 12.2 Å². The molecule has 0 bridgehead atoms. The summed E-state index contributed by atoms with van der Waals surface area (Å²) in [4.78, 5) is 22.1. The second kappa shape index (κ2) is 3.52. The van der Waals surface area contributed by atoms with E-state index in [0.29, 0.717) is 6.42 Å². The highest BCUT2D eigenvalue weighted by Crippen LogP contribution is 2.22. The van der Waals surface area contributed by atoms with Crippen LogP contribution in [0.15, 0.2) is 12.2 Å². The summed E-state index contributed by atoms with van der Waals surface area (Å²) in [7, 11) is 0. The zero-order valence-electron chi connectivity index (χ0n) is 7.33. The quantitative estimate of drug-likeness (QED) is 0.489. The van der Waals surface area contributed by atoms with E-state index in [1.54, 1.807) is 6.92 Å². The summed E-state index contributed by atoms with van der Waals surface area (Å²) in [6, 6.07) is 0. The molecule has 66 valence electrons. The van der Waals surface area contributed by atoms with Gasteiger partial charge in [0.2, 0.25) is 11.8 Å². The van der Waals surface area contributed by atoms with Crippen LogP contribution in [0.2, 0.25) is 0 Å². The number of rotatable bonds is 2. The van der Waals surface area contributed by atoms with Gasteiger partial charge in [-0.1, -0.05) is 19.1 Å². The third-order valence-corrected chi connectivity index (χ3v) is 2.23. The largest absolute Gasteiger partial charge is 0.296 e. The lowest BCUT2D eigenvalue weighted by Crippen LogP contribution is -2.22. The standard InChI is InChI=1S/C9H13NO2/c1-3-4-5-7-6(2)8(11)10-9(7)12/h3-4,6-7H,5H2,1-2H3,(H,10,11,12)/b4-3+. The van der Waals surface area contributed by atoms with E-state index >= 15 is 0 Å². The zero-order valence-corrected chi connectivity index (χ0v) is 7.33. The van der Waals surface area contributed by atoms with E-state index in [4.69, 9.17) is 0 Å². The summed E-state index contributed by atoms with van der Waals surface area (Å²) in [5.41, 5.74) is 0. The van der Waals surface area contributed by atoms with Crippen molar-refractivity contribution in [3.63, 3.8) is 0 Å². The lowest BCUT2D eigenvalue weighted by Gasteiger charge is -2.06. The van der Waals surface area contributed by atoms with Crippen molar-refractivity contribution in [3.8, 4) is 0 Å². The number of allylic oxidation sites excluding steroid dienone is 2. The molecule has 12 heavy (non-hydrogen) atoms. The number of hydrogen-bond acceptors (Lipinski definition) is 2. The average Bonchev–Trinajstić information content (AvgIpc) is 2.25. The first kappa shape index (κ1) is 8.97. The number of carbonyl (C=O) groups excluding carboxylic acids is 2. The Morgan fingerprint density at radius 1 is 1.42 bits per heavy atom. The van der Waals surface area contributed by atoms with Crippen LogP contribution in [0.5, 0.6) is 0 Å². The van der Waals surface area contributed by atoms with Gasteiger partial charge in [-0.2, -0.15) is 0 Å². The van der Waals surface area contributed by atoms with Crippen LogP contribution >= 0.6 is 0 Å². The van der Waals surface area contributed by atoms with Crippen molar-refractivity contribution in [2.24, 2.45) is 11.8 Å². The monoisotopic (exact) mass is 167 g/mol. The molecule has 1 rings (SSSR count). The maximum Gasteiger partial charge on any atom is 0.230 e. The first-order valence-electron chi connectivity index (χ1n) is 4.12. The van der Waals surface area contributed by atoms with Gasteiger partial charge in [-0.3, -0.25) is 14.9 Å². The van der Waals surface area contributed by atoms with Gasteiger partial charge in [0.25, 0.3) is 0 Å². The first-order valence-corrected chi connectivity index (χ1v) is 4.12. The number of hydrogen-bond donors (Lipinski definition) is 1. The van der Waals surface area contributed by atoms with Crippen LogP contribution < -0.4 is 5.32 Å².